The lowest BCUT2D eigenvalue weighted by Crippen LogP contribution is -2.30. The first-order valence-corrected chi connectivity index (χ1v) is 12.5. The number of carbonyl (C=O) groups is 3. The monoisotopic (exact) mass is 500 g/mol. The van der Waals surface area contributed by atoms with Crippen LogP contribution in [0.3, 0.4) is 0 Å². The Morgan fingerprint density at radius 1 is 1.00 bits per heavy atom. The van der Waals surface area contributed by atoms with Crippen LogP contribution in [0.2, 0.25) is 0 Å². The predicted molar refractivity (Wildman–Crippen MR) is 129 cm³/mol. The van der Waals surface area contributed by atoms with Gasteiger partial charge in [0.2, 0.25) is 10.0 Å². The van der Waals surface area contributed by atoms with E-state index in [4.69, 9.17) is 0 Å². The van der Waals surface area contributed by atoms with Crippen molar-refractivity contribution < 1.29 is 22.8 Å². The fourth-order valence-corrected chi connectivity index (χ4v) is 4.79. The minimum Gasteiger partial charge on any atom is -0.355 e. The topological polar surface area (TPSA) is 126 Å². The third-order valence-corrected chi connectivity index (χ3v) is 7.53. The number of nitrogens with one attached hydrogen (secondary N) is 2. The van der Waals surface area contributed by atoms with Crippen molar-refractivity contribution in [3.63, 3.8) is 0 Å². The second kappa shape index (κ2) is 10.7. The minimum absolute atomic E-state index is 0.00715. The first kappa shape index (κ1) is 25.2. The zero-order valence-corrected chi connectivity index (χ0v) is 20.5. The van der Waals surface area contributed by atoms with Crippen LogP contribution < -0.4 is 10.6 Å². The summed E-state index contributed by atoms with van der Waals surface area (Å²) in [5, 5.41) is 7.49. The number of aromatic nitrogens is 1. The quantitative estimate of drug-likeness (QED) is 0.463. The molecule has 0 saturated carbocycles. The largest absolute Gasteiger partial charge is 0.355 e. The van der Waals surface area contributed by atoms with E-state index in [1.54, 1.807) is 30.6 Å². The molecule has 0 aliphatic carbocycles. The SMILES string of the molecule is CNC(=O)c1cccc(-c2csc(CC(=O)CNC(=O)c3cccc(S(=O)(=O)N(C)C)c3)n2)c1. The highest BCUT2D eigenvalue weighted by Gasteiger charge is 2.19. The molecule has 0 unspecified atom stereocenters. The van der Waals surface area contributed by atoms with Crippen LogP contribution in [0.1, 0.15) is 25.7 Å². The lowest BCUT2D eigenvalue weighted by molar-refractivity contribution is -0.117. The Balaban J connectivity index is 1.61. The number of ketones is 1. The molecule has 0 fully saturated rings. The van der Waals surface area contributed by atoms with Gasteiger partial charge in [-0.2, -0.15) is 0 Å². The molecule has 9 nitrogen and oxygen atoms in total. The molecule has 0 bridgehead atoms. The summed E-state index contributed by atoms with van der Waals surface area (Å²) < 4.78 is 25.6. The van der Waals surface area contributed by atoms with Gasteiger partial charge in [-0.25, -0.2) is 17.7 Å². The van der Waals surface area contributed by atoms with Crippen LogP contribution in [0, 0.1) is 0 Å². The van der Waals surface area contributed by atoms with E-state index in [9.17, 15) is 22.8 Å². The molecule has 0 aliphatic heterocycles. The van der Waals surface area contributed by atoms with Gasteiger partial charge < -0.3 is 10.6 Å². The van der Waals surface area contributed by atoms with E-state index in [0.29, 0.717) is 16.3 Å². The van der Waals surface area contributed by atoms with E-state index in [-0.39, 0.29) is 35.1 Å². The summed E-state index contributed by atoms with van der Waals surface area (Å²) >= 11 is 1.31. The van der Waals surface area contributed by atoms with Crippen molar-refractivity contribution in [1.82, 2.24) is 19.9 Å². The van der Waals surface area contributed by atoms with Crippen molar-refractivity contribution in [3.8, 4) is 11.3 Å². The van der Waals surface area contributed by atoms with Crippen LogP contribution in [0.15, 0.2) is 58.8 Å². The first-order chi connectivity index (χ1) is 16.1. The number of nitrogens with zero attached hydrogens (tertiary/aromatic N) is 2. The van der Waals surface area contributed by atoms with Gasteiger partial charge in [-0.1, -0.05) is 18.2 Å². The molecule has 0 saturated heterocycles. The number of sulfonamides is 1. The molecule has 34 heavy (non-hydrogen) atoms. The van der Waals surface area contributed by atoms with Crippen LogP contribution in [0.25, 0.3) is 11.3 Å². The Hall–Kier alpha value is -3.41. The van der Waals surface area contributed by atoms with Crippen molar-refractivity contribution in [2.45, 2.75) is 11.3 Å². The zero-order valence-electron chi connectivity index (χ0n) is 18.9. The van der Waals surface area contributed by atoms with E-state index in [1.165, 1.54) is 49.7 Å². The third-order valence-electron chi connectivity index (χ3n) is 4.87. The summed E-state index contributed by atoms with van der Waals surface area (Å²) in [4.78, 5) is 41.1. The average molecular weight is 501 g/mol. The Kier molecular flexibility index (Phi) is 7.92. The van der Waals surface area contributed by atoms with E-state index in [1.807, 2.05) is 6.07 Å². The molecule has 1 heterocycles. The Bertz CT molecular complexity index is 1330. The molecule has 3 aromatic rings. The highest BCUT2D eigenvalue weighted by atomic mass is 32.2. The summed E-state index contributed by atoms with van der Waals surface area (Å²) in [6.45, 7) is -0.218. The van der Waals surface area contributed by atoms with Gasteiger partial charge in [0, 0.05) is 43.2 Å². The summed E-state index contributed by atoms with van der Waals surface area (Å²) in [6.07, 6.45) is 0.0368. The van der Waals surface area contributed by atoms with Crippen LogP contribution in [-0.2, 0) is 21.2 Å². The molecule has 11 heteroatoms. The number of thiazole rings is 1. The first-order valence-electron chi connectivity index (χ1n) is 10.2. The fourth-order valence-electron chi connectivity index (χ4n) is 3.01. The fraction of sp³-hybridized carbons (Fsp3) is 0.217. The summed E-state index contributed by atoms with van der Waals surface area (Å²) in [5.74, 6) is -0.992. The standard InChI is InChI=1S/C23H24N4O5S2/c1-24-22(29)16-7-4-6-15(10-16)20-14-33-21(26-20)12-18(28)13-25-23(30)17-8-5-9-19(11-17)34(31,32)27(2)3/h4-11,14H,12-13H2,1-3H3,(H,24,29)(H,25,30). The van der Waals surface area contributed by atoms with Crippen molar-refractivity contribution in [3.05, 3.63) is 70.0 Å². The van der Waals surface area contributed by atoms with Gasteiger partial charge in [-0.05, 0) is 30.3 Å². The number of rotatable bonds is 9. The average Bonchev–Trinajstić information content (AvgIpc) is 3.30. The molecule has 0 atom stereocenters. The summed E-state index contributed by atoms with van der Waals surface area (Å²) in [7, 11) is 0.693. The van der Waals surface area contributed by atoms with Crippen LogP contribution in [-0.4, -0.2) is 63.0 Å². The van der Waals surface area contributed by atoms with Gasteiger partial charge in [0.15, 0.2) is 5.78 Å². The molecule has 0 aliphatic rings. The molecule has 2 aromatic carbocycles. The van der Waals surface area contributed by atoms with Gasteiger partial charge in [-0.15, -0.1) is 11.3 Å². The molecule has 1 aromatic heterocycles. The van der Waals surface area contributed by atoms with Gasteiger partial charge >= 0.3 is 0 Å². The van der Waals surface area contributed by atoms with E-state index in [2.05, 4.69) is 15.6 Å². The highest BCUT2D eigenvalue weighted by Crippen LogP contribution is 2.23. The highest BCUT2D eigenvalue weighted by molar-refractivity contribution is 7.89. The van der Waals surface area contributed by atoms with Gasteiger partial charge in [0.1, 0.15) is 5.01 Å². The molecular weight excluding hydrogens is 476 g/mol. The lowest BCUT2D eigenvalue weighted by Gasteiger charge is -2.12. The third kappa shape index (κ3) is 5.93. The van der Waals surface area contributed by atoms with Gasteiger partial charge in [0.25, 0.3) is 11.8 Å². The van der Waals surface area contributed by atoms with E-state index >= 15 is 0 Å². The maximum absolute atomic E-state index is 12.4. The number of amides is 2. The minimum atomic E-state index is -3.68. The summed E-state index contributed by atoms with van der Waals surface area (Å²) in [6, 6.07) is 12.7. The molecule has 0 radical (unpaired) electrons. The lowest BCUT2D eigenvalue weighted by atomic mass is 10.1. The van der Waals surface area contributed by atoms with Crippen LogP contribution in [0.4, 0.5) is 0 Å². The van der Waals surface area contributed by atoms with E-state index in [0.717, 1.165) is 9.87 Å². The second-order valence-corrected chi connectivity index (χ2v) is 10.6. The normalized spacial score (nSPS) is 11.3. The van der Waals surface area contributed by atoms with Crippen molar-refractivity contribution in [2.75, 3.05) is 27.7 Å². The molecule has 2 amide bonds. The zero-order chi connectivity index (χ0) is 24.9. The molecule has 2 N–H and O–H groups in total. The second-order valence-electron chi connectivity index (χ2n) is 7.50. The number of carbonyl (C=O) groups excluding carboxylic acids is 3. The number of benzene rings is 2. The smallest absolute Gasteiger partial charge is 0.251 e. The van der Waals surface area contributed by atoms with Crippen LogP contribution in [0.5, 0.6) is 0 Å². The van der Waals surface area contributed by atoms with Crippen molar-refractivity contribution >= 4 is 39.0 Å². The van der Waals surface area contributed by atoms with Crippen molar-refractivity contribution in [1.29, 1.82) is 0 Å². The molecule has 178 valence electrons. The molecule has 3 rings (SSSR count). The Morgan fingerprint density at radius 3 is 2.35 bits per heavy atom. The maximum Gasteiger partial charge on any atom is 0.251 e. The van der Waals surface area contributed by atoms with Crippen molar-refractivity contribution in [2.24, 2.45) is 0 Å². The molecule has 0 spiro atoms. The number of hydrogen-bond acceptors (Lipinski definition) is 7. The van der Waals surface area contributed by atoms with E-state index < -0.39 is 15.9 Å². The number of hydrogen-bond donors (Lipinski definition) is 2. The predicted octanol–water partition coefficient (Wildman–Crippen LogP) is 1.96. The Morgan fingerprint density at radius 2 is 1.68 bits per heavy atom. The van der Waals surface area contributed by atoms with Crippen LogP contribution >= 0.6 is 11.3 Å². The van der Waals surface area contributed by atoms with Gasteiger partial charge in [-0.3, -0.25) is 14.4 Å². The maximum atomic E-state index is 12.4. The number of Topliss-reactive ketones (excluding diaryl/α,β-unsaturated/α-hetero) is 1. The molecular formula is C23H24N4O5S2. The summed E-state index contributed by atoms with van der Waals surface area (Å²) in [5.41, 5.74) is 2.07. The Labute approximate surface area is 201 Å². The van der Waals surface area contributed by atoms with Gasteiger partial charge in [0.05, 0.1) is 23.6 Å².